The molecular formula is C16H15N5O3. The van der Waals surface area contributed by atoms with Crippen LogP contribution >= 0.6 is 0 Å². The molecule has 3 N–H and O–H groups in total. The van der Waals surface area contributed by atoms with Crippen molar-refractivity contribution < 1.29 is 4.79 Å². The van der Waals surface area contributed by atoms with Crippen molar-refractivity contribution in [1.82, 2.24) is 25.1 Å². The standard InChI is InChI=1S/C16H15N5O3/c22-14-8-13(19-16(24)20-14)15(23)17-7-6-11-9-18-21(10-11)12-4-2-1-3-5-12/h1-5,8-10H,6-7H2,(H,17,23)(H2,19,20,22,24). The van der Waals surface area contributed by atoms with Gasteiger partial charge in [0.05, 0.1) is 11.9 Å². The number of amides is 1. The largest absolute Gasteiger partial charge is 0.350 e. The molecule has 0 radical (unpaired) electrons. The van der Waals surface area contributed by atoms with E-state index in [0.717, 1.165) is 17.3 Å². The minimum absolute atomic E-state index is 0.0660. The van der Waals surface area contributed by atoms with E-state index in [1.165, 1.54) is 0 Å². The van der Waals surface area contributed by atoms with Crippen LogP contribution in [0.5, 0.6) is 0 Å². The van der Waals surface area contributed by atoms with Gasteiger partial charge in [-0.1, -0.05) is 18.2 Å². The smallest absolute Gasteiger partial charge is 0.326 e. The monoisotopic (exact) mass is 325 g/mol. The van der Waals surface area contributed by atoms with E-state index in [0.29, 0.717) is 13.0 Å². The van der Waals surface area contributed by atoms with Crippen LogP contribution in [0.15, 0.2) is 58.4 Å². The van der Waals surface area contributed by atoms with E-state index in [4.69, 9.17) is 0 Å². The van der Waals surface area contributed by atoms with E-state index >= 15 is 0 Å². The number of rotatable bonds is 5. The Bertz CT molecular complexity index is 927. The van der Waals surface area contributed by atoms with E-state index in [1.807, 2.05) is 41.5 Å². The van der Waals surface area contributed by atoms with Gasteiger partial charge in [-0.05, 0) is 24.1 Å². The van der Waals surface area contributed by atoms with E-state index < -0.39 is 17.2 Å². The zero-order valence-electron chi connectivity index (χ0n) is 12.7. The minimum Gasteiger partial charge on any atom is -0.350 e. The molecule has 3 aromatic rings. The van der Waals surface area contributed by atoms with Gasteiger partial charge >= 0.3 is 5.69 Å². The number of nitrogens with zero attached hydrogens (tertiary/aromatic N) is 2. The van der Waals surface area contributed by atoms with Crippen molar-refractivity contribution in [3.8, 4) is 5.69 Å². The number of hydrogen-bond acceptors (Lipinski definition) is 4. The van der Waals surface area contributed by atoms with Gasteiger partial charge in [-0.3, -0.25) is 14.6 Å². The molecule has 0 saturated carbocycles. The topological polar surface area (TPSA) is 113 Å². The number of carbonyl (C=O) groups is 1. The van der Waals surface area contributed by atoms with E-state index in [1.54, 1.807) is 10.9 Å². The molecule has 3 rings (SSSR count). The molecule has 0 bridgehead atoms. The number of hydrogen-bond donors (Lipinski definition) is 3. The molecule has 0 unspecified atom stereocenters. The van der Waals surface area contributed by atoms with Gasteiger partial charge in [0.25, 0.3) is 11.5 Å². The quantitative estimate of drug-likeness (QED) is 0.623. The number of aromatic nitrogens is 4. The molecule has 0 fully saturated rings. The molecule has 0 aliphatic carbocycles. The van der Waals surface area contributed by atoms with E-state index in [-0.39, 0.29) is 5.69 Å². The Balaban J connectivity index is 1.59. The molecule has 122 valence electrons. The number of benzene rings is 1. The van der Waals surface area contributed by atoms with Crippen molar-refractivity contribution in [2.75, 3.05) is 6.54 Å². The van der Waals surface area contributed by atoms with E-state index in [2.05, 4.69) is 15.4 Å². The molecule has 0 spiro atoms. The number of carbonyl (C=O) groups excluding carboxylic acids is 1. The second-order valence-corrected chi connectivity index (χ2v) is 5.14. The summed E-state index contributed by atoms with van der Waals surface area (Å²) in [5.41, 5.74) is 0.515. The zero-order valence-corrected chi connectivity index (χ0v) is 12.7. The van der Waals surface area contributed by atoms with Crippen LogP contribution in [0.2, 0.25) is 0 Å². The summed E-state index contributed by atoms with van der Waals surface area (Å²) in [6.45, 7) is 0.355. The summed E-state index contributed by atoms with van der Waals surface area (Å²) in [6.07, 6.45) is 4.19. The van der Waals surface area contributed by atoms with Gasteiger partial charge in [0, 0.05) is 18.8 Å². The lowest BCUT2D eigenvalue weighted by atomic mass is 10.2. The van der Waals surface area contributed by atoms with E-state index in [9.17, 15) is 14.4 Å². The number of H-pyrrole nitrogens is 2. The number of aromatic amines is 2. The second-order valence-electron chi connectivity index (χ2n) is 5.14. The summed E-state index contributed by atoms with van der Waals surface area (Å²) in [7, 11) is 0. The zero-order chi connectivity index (χ0) is 16.9. The van der Waals surface area contributed by atoms with Gasteiger partial charge in [-0.15, -0.1) is 0 Å². The maximum atomic E-state index is 11.9. The first-order valence-electron chi connectivity index (χ1n) is 7.32. The van der Waals surface area contributed by atoms with Crippen LogP contribution in [0.4, 0.5) is 0 Å². The minimum atomic E-state index is -0.711. The first-order valence-corrected chi connectivity index (χ1v) is 7.32. The Labute approximate surface area is 136 Å². The molecule has 0 saturated heterocycles. The van der Waals surface area contributed by atoms with Gasteiger partial charge < -0.3 is 10.3 Å². The lowest BCUT2D eigenvalue weighted by Crippen LogP contribution is -2.31. The van der Waals surface area contributed by atoms with Gasteiger partial charge in [0.1, 0.15) is 5.69 Å². The maximum Gasteiger partial charge on any atom is 0.326 e. The van der Waals surface area contributed by atoms with Crippen LogP contribution in [0, 0.1) is 0 Å². The van der Waals surface area contributed by atoms with Gasteiger partial charge in [-0.25, -0.2) is 9.48 Å². The molecule has 1 amide bonds. The predicted octanol–water partition coefficient (Wildman–Crippen LogP) is 0.221. The van der Waals surface area contributed by atoms with Crippen LogP contribution in [-0.2, 0) is 6.42 Å². The molecule has 2 heterocycles. The highest BCUT2D eigenvalue weighted by Gasteiger charge is 2.08. The highest BCUT2D eigenvalue weighted by Crippen LogP contribution is 2.07. The Kier molecular flexibility index (Phi) is 4.37. The highest BCUT2D eigenvalue weighted by molar-refractivity contribution is 5.91. The lowest BCUT2D eigenvalue weighted by Gasteiger charge is -2.03. The van der Waals surface area contributed by atoms with Crippen LogP contribution in [0.1, 0.15) is 16.1 Å². The fourth-order valence-electron chi connectivity index (χ4n) is 2.22. The van der Waals surface area contributed by atoms with Crippen LogP contribution in [0.25, 0.3) is 5.69 Å². The second kappa shape index (κ2) is 6.78. The molecule has 0 aliphatic rings. The molecule has 8 heteroatoms. The van der Waals surface area contributed by atoms with Crippen molar-refractivity contribution in [2.24, 2.45) is 0 Å². The van der Waals surface area contributed by atoms with Crippen molar-refractivity contribution in [3.63, 3.8) is 0 Å². The summed E-state index contributed by atoms with van der Waals surface area (Å²) in [5.74, 6) is -0.506. The predicted molar refractivity (Wildman–Crippen MR) is 87.3 cm³/mol. The average Bonchev–Trinajstić information content (AvgIpc) is 3.03. The third-order valence-corrected chi connectivity index (χ3v) is 3.36. The lowest BCUT2D eigenvalue weighted by molar-refractivity contribution is 0.0948. The molecule has 0 atom stereocenters. The Morgan fingerprint density at radius 3 is 2.71 bits per heavy atom. The van der Waals surface area contributed by atoms with Gasteiger partial charge in [0.15, 0.2) is 0 Å². The van der Waals surface area contributed by atoms with Crippen LogP contribution in [-0.4, -0.2) is 32.2 Å². The SMILES string of the molecule is O=C(NCCc1cnn(-c2ccccc2)c1)c1cc(=O)[nH]c(=O)[nH]1. The maximum absolute atomic E-state index is 11.9. The van der Waals surface area contributed by atoms with Gasteiger partial charge in [-0.2, -0.15) is 5.10 Å². The van der Waals surface area contributed by atoms with Crippen molar-refractivity contribution in [1.29, 1.82) is 0 Å². The van der Waals surface area contributed by atoms with Crippen LogP contribution in [0.3, 0.4) is 0 Å². The third-order valence-electron chi connectivity index (χ3n) is 3.36. The fourth-order valence-corrected chi connectivity index (χ4v) is 2.22. The van der Waals surface area contributed by atoms with Crippen molar-refractivity contribution in [3.05, 3.63) is 80.9 Å². The molecule has 24 heavy (non-hydrogen) atoms. The Hall–Kier alpha value is -3.42. The summed E-state index contributed by atoms with van der Waals surface area (Å²) >= 11 is 0. The molecular weight excluding hydrogens is 310 g/mol. The highest BCUT2D eigenvalue weighted by atomic mass is 16.2. The molecule has 0 aliphatic heterocycles. The number of nitrogens with one attached hydrogen (secondary N) is 3. The van der Waals surface area contributed by atoms with Crippen molar-refractivity contribution in [2.45, 2.75) is 6.42 Å². The van der Waals surface area contributed by atoms with Gasteiger partial charge in [0.2, 0.25) is 0 Å². The first kappa shape index (κ1) is 15.5. The molecule has 8 nitrogen and oxygen atoms in total. The van der Waals surface area contributed by atoms with Crippen molar-refractivity contribution >= 4 is 5.91 Å². The summed E-state index contributed by atoms with van der Waals surface area (Å²) in [4.78, 5) is 38.5. The normalized spacial score (nSPS) is 10.5. The number of para-hydroxylation sites is 1. The van der Waals surface area contributed by atoms with Crippen LogP contribution < -0.4 is 16.6 Å². The fraction of sp³-hybridized carbons (Fsp3) is 0.125. The Morgan fingerprint density at radius 1 is 1.17 bits per heavy atom. The summed E-state index contributed by atoms with van der Waals surface area (Å²) in [5, 5.41) is 6.93. The third kappa shape index (κ3) is 3.67. The first-order chi connectivity index (χ1) is 11.6. The molecule has 2 aromatic heterocycles. The molecule has 1 aromatic carbocycles. The summed E-state index contributed by atoms with van der Waals surface area (Å²) < 4.78 is 1.76. The Morgan fingerprint density at radius 2 is 1.96 bits per heavy atom. The average molecular weight is 325 g/mol. The summed E-state index contributed by atoms with van der Waals surface area (Å²) in [6, 6.07) is 10.7.